The van der Waals surface area contributed by atoms with E-state index in [1.54, 1.807) is 0 Å². The second-order valence-electron chi connectivity index (χ2n) is 4.79. The summed E-state index contributed by atoms with van der Waals surface area (Å²) in [6.07, 6.45) is 0.779. The predicted molar refractivity (Wildman–Crippen MR) is 86.2 cm³/mol. The Bertz CT molecular complexity index is 403. The van der Waals surface area contributed by atoms with Gasteiger partial charge in [-0.25, -0.2) is 0 Å². The Morgan fingerprint density at radius 3 is 2.26 bits per heavy atom. The van der Waals surface area contributed by atoms with Crippen LogP contribution in [-0.4, -0.2) is 23.3 Å². The molecule has 1 aromatic rings. The number of benzene rings is 1. The molecular weight excluding hydrogens is 304 g/mol. The highest BCUT2D eigenvalue weighted by Crippen LogP contribution is 2.20. The number of nitrogens with zero attached hydrogens (tertiary/aromatic N) is 1. The van der Waals surface area contributed by atoms with Crippen LogP contribution < -0.4 is 10.2 Å². The van der Waals surface area contributed by atoms with E-state index in [2.05, 4.69) is 46.9 Å². The van der Waals surface area contributed by atoms with E-state index in [0.29, 0.717) is 6.04 Å². The average Bonchev–Trinajstić information content (AvgIpc) is 2.40. The molecule has 0 saturated heterocycles. The number of nitrogens with one attached hydrogen (secondary N) is 1. The Balaban J connectivity index is 2.74. The fourth-order valence-electron chi connectivity index (χ4n) is 1.99. The van der Waals surface area contributed by atoms with E-state index in [4.69, 9.17) is 0 Å². The van der Waals surface area contributed by atoms with Crippen LogP contribution in [0.4, 0.5) is 11.4 Å². The molecule has 0 aliphatic rings. The van der Waals surface area contributed by atoms with Gasteiger partial charge in [-0.3, -0.25) is 4.79 Å². The zero-order valence-corrected chi connectivity index (χ0v) is 13.7. The molecule has 1 rings (SSSR count). The molecule has 0 radical (unpaired) electrons. The van der Waals surface area contributed by atoms with Gasteiger partial charge in [-0.05, 0) is 51.5 Å². The zero-order valence-electron chi connectivity index (χ0n) is 12.1. The monoisotopic (exact) mass is 326 g/mol. The second-order valence-corrected chi connectivity index (χ2v) is 5.90. The first-order valence-corrected chi connectivity index (χ1v) is 7.72. The highest BCUT2D eigenvalue weighted by atomic mass is 79.9. The van der Waals surface area contributed by atoms with Crippen LogP contribution in [-0.2, 0) is 4.79 Å². The molecule has 4 heteroatoms. The Kier molecular flexibility index (Phi) is 6.35. The van der Waals surface area contributed by atoms with E-state index in [-0.39, 0.29) is 10.7 Å². The normalized spacial score (nSPS) is 12.3. The summed E-state index contributed by atoms with van der Waals surface area (Å²) in [7, 11) is 0. The maximum absolute atomic E-state index is 11.8. The first-order valence-electron chi connectivity index (χ1n) is 6.81. The van der Waals surface area contributed by atoms with Crippen LogP contribution in [0.1, 0.15) is 34.1 Å². The van der Waals surface area contributed by atoms with Gasteiger partial charge in [0.25, 0.3) is 0 Å². The van der Waals surface area contributed by atoms with E-state index < -0.39 is 0 Å². The number of carbonyl (C=O) groups excluding carboxylic acids is 1. The molecule has 1 unspecified atom stereocenters. The number of amides is 1. The van der Waals surface area contributed by atoms with Gasteiger partial charge in [0, 0.05) is 24.0 Å². The summed E-state index contributed by atoms with van der Waals surface area (Å²) >= 11 is 3.35. The number of carbonyl (C=O) groups is 1. The maximum Gasteiger partial charge on any atom is 0.238 e. The third-order valence-electron chi connectivity index (χ3n) is 3.07. The lowest BCUT2D eigenvalue weighted by molar-refractivity contribution is -0.115. The van der Waals surface area contributed by atoms with Crippen molar-refractivity contribution in [3.63, 3.8) is 0 Å². The molecule has 0 fully saturated rings. The molecule has 0 bridgehead atoms. The first kappa shape index (κ1) is 16.0. The van der Waals surface area contributed by atoms with Crippen molar-refractivity contribution in [2.75, 3.05) is 16.8 Å². The molecule has 1 aromatic carbocycles. The Labute approximate surface area is 124 Å². The van der Waals surface area contributed by atoms with Crippen LogP contribution in [0.15, 0.2) is 24.3 Å². The third-order valence-corrected chi connectivity index (χ3v) is 4.14. The molecular formula is C15H23BrN2O. The number of hydrogen-bond donors (Lipinski definition) is 1. The van der Waals surface area contributed by atoms with Crippen molar-refractivity contribution in [1.29, 1.82) is 0 Å². The molecule has 0 heterocycles. The fourth-order valence-corrected chi connectivity index (χ4v) is 2.10. The Hall–Kier alpha value is -1.03. The van der Waals surface area contributed by atoms with E-state index in [1.165, 1.54) is 5.69 Å². The topological polar surface area (TPSA) is 32.3 Å². The average molecular weight is 327 g/mol. The lowest BCUT2D eigenvalue weighted by atomic mass is 10.2. The van der Waals surface area contributed by atoms with Crippen molar-refractivity contribution < 1.29 is 4.79 Å². The molecule has 19 heavy (non-hydrogen) atoms. The number of rotatable bonds is 6. The molecule has 0 spiro atoms. The van der Waals surface area contributed by atoms with E-state index in [1.807, 2.05) is 31.2 Å². The maximum atomic E-state index is 11.8. The molecule has 0 aliphatic carbocycles. The van der Waals surface area contributed by atoms with Crippen molar-refractivity contribution in [1.82, 2.24) is 0 Å². The van der Waals surface area contributed by atoms with Gasteiger partial charge in [-0.1, -0.05) is 22.9 Å². The van der Waals surface area contributed by atoms with Crippen LogP contribution in [0.2, 0.25) is 0 Å². The lowest BCUT2D eigenvalue weighted by Gasteiger charge is -2.27. The Morgan fingerprint density at radius 1 is 1.26 bits per heavy atom. The van der Waals surface area contributed by atoms with Crippen LogP contribution in [0, 0.1) is 0 Å². The van der Waals surface area contributed by atoms with E-state index in [0.717, 1.165) is 18.7 Å². The SMILES string of the molecule is CCC(Br)C(=O)Nc1ccc(N(CC)C(C)C)cc1. The molecule has 1 amide bonds. The predicted octanol–water partition coefficient (Wildman–Crippen LogP) is 4.03. The summed E-state index contributed by atoms with van der Waals surface area (Å²) in [6, 6.07) is 8.47. The minimum Gasteiger partial charge on any atom is -0.369 e. The van der Waals surface area contributed by atoms with Crippen LogP contribution in [0.25, 0.3) is 0 Å². The largest absolute Gasteiger partial charge is 0.369 e. The summed E-state index contributed by atoms with van der Waals surface area (Å²) in [6.45, 7) is 9.45. The van der Waals surface area contributed by atoms with Crippen molar-refractivity contribution in [3.05, 3.63) is 24.3 Å². The van der Waals surface area contributed by atoms with Crippen LogP contribution in [0.3, 0.4) is 0 Å². The molecule has 1 atom stereocenters. The quantitative estimate of drug-likeness (QED) is 0.800. The van der Waals surface area contributed by atoms with Gasteiger partial charge >= 0.3 is 0 Å². The molecule has 0 aromatic heterocycles. The summed E-state index contributed by atoms with van der Waals surface area (Å²) in [5, 5.41) is 2.90. The molecule has 3 nitrogen and oxygen atoms in total. The van der Waals surface area contributed by atoms with Gasteiger partial charge < -0.3 is 10.2 Å². The number of hydrogen-bond acceptors (Lipinski definition) is 2. The van der Waals surface area contributed by atoms with Gasteiger partial charge in [-0.15, -0.1) is 0 Å². The van der Waals surface area contributed by atoms with E-state index >= 15 is 0 Å². The van der Waals surface area contributed by atoms with Crippen LogP contribution in [0.5, 0.6) is 0 Å². The minimum atomic E-state index is -0.130. The number of anilines is 2. The second kappa shape index (κ2) is 7.53. The lowest BCUT2D eigenvalue weighted by Crippen LogP contribution is -2.30. The van der Waals surface area contributed by atoms with Gasteiger partial charge in [-0.2, -0.15) is 0 Å². The third kappa shape index (κ3) is 4.53. The summed E-state index contributed by atoms with van der Waals surface area (Å²) < 4.78 is 0. The van der Waals surface area contributed by atoms with Gasteiger partial charge in [0.2, 0.25) is 5.91 Å². The highest BCUT2D eigenvalue weighted by molar-refractivity contribution is 9.10. The zero-order chi connectivity index (χ0) is 14.4. The van der Waals surface area contributed by atoms with Crippen LogP contribution >= 0.6 is 15.9 Å². The summed E-state index contributed by atoms with van der Waals surface area (Å²) in [5.74, 6) is 0.00598. The first-order chi connectivity index (χ1) is 8.99. The molecule has 0 aliphatic heterocycles. The molecule has 106 valence electrons. The van der Waals surface area contributed by atoms with Gasteiger partial charge in [0.05, 0.1) is 4.83 Å². The molecule has 1 N–H and O–H groups in total. The minimum absolute atomic E-state index is 0.00598. The van der Waals surface area contributed by atoms with E-state index in [9.17, 15) is 4.79 Å². The standard InChI is InChI=1S/C15H23BrN2O/c1-5-14(16)15(19)17-12-7-9-13(10-8-12)18(6-2)11(3)4/h7-11,14H,5-6H2,1-4H3,(H,17,19). The van der Waals surface area contributed by atoms with Crippen molar-refractivity contribution in [2.24, 2.45) is 0 Å². The highest BCUT2D eigenvalue weighted by Gasteiger charge is 2.13. The molecule has 0 saturated carbocycles. The number of halogens is 1. The van der Waals surface area contributed by atoms with Gasteiger partial charge in [0.15, 0.2) is 0 Å². The Morgan fingerprint density at radius 2 is 1.84 bits per heavy atom. The van der Waals surface area contributed by atoms with Crippen molar-refractivity contribution >= 4 is 33.2 Å². The number of alkyl halides is 1. The van der Waals surface area contributed by atoms with Crippen molar-refractivity contribution in [3.8, 4) is 0 Å². The van der Waals surface area contributed by atoms with Crippen molar-refractivity contribution in [2.45, 2.75) is 45.0 Å². The summed E-state index contributed by atoms with van der Waals surface area (Å²) in [4.78, 5) is 13.9. The fraction of sp³-hybridized carbons (Fsp3) is 0.533. The smallest absolute Gasteiger partial charge is 0.238 e. The summed E-state index contributed by atoms with van der Waals surface area (Å²) in [5.41, 5.74) is 2.02. The van der Waals surface area contributed by atoms with Gasteiger partial charge in [0.1, 0.15) is 0 Å².